The van der Waals surface area contributed by atoms with Gasteiger partial charge in [-0.05, 0) is 12.1 Å². The van der Waals surface area contributed by atoms with Crippen molar-refractivity contribution >= 4 is 23.6 Å². The summed E-state index contributed by atoms with van der Waals surface area (Å²) in [5.41, 5.74) is 0.513. The average Bonchev–Trinajstić information content (AvgIpc) is 2.47. The predicted molar refractivity (Wildman–Crippen MR) is 71.3 cm³/mol. The summed E-state index contributed by atoms with van der Waals surface area (Å²) >= 11 is 0. The van der Waals surface area contributed by atoms with Crippen molar-refractivity contribution in [3.63, 3.8) is 0 Å². The van der Waals surface area contributed by atoms with Gasteiger partial charge in [0.05, 0.1) is 11.3 Å². The van der Waals surface area contributed by atoms with Gasteiger partial charge in [0, 0.05) is 6.54 Å². The van der Waals surface area contributed by atoms with E-state index in [-0.39, 0.29) is 24.3 Å². The Bertz CT molecular complexity index is 637. The molecule has 3 amide bonds. The summed E-state index contributed by atoms with van der Waals surface area (Å²) in [4.78, 5) is 35.6. The minimum absolute atomic E-state index is 0.151. The number of para-hydroxylation sites is 1. The number of aliphatic carboxylic acids is 1. The van der Waals surface area contributed by atoms with E-state index < -0.39 is 23.9 Å². The quantitative estimate of drug-likeness (QED) is 0.705. The van der Waals surface area contributed by atoms with Crippen LogP contribution in [0.5, 0.6) is 0 Å². The number of urea groups is 1. The summed E-state index contributed by atoms with van der Waals surface area (Å²) in [6.07, 6.45) is 0. The second-order valence-electron chi connectivity index (χ2n) is 4.37. The maximum atomic E-state index is 12.2. The molecule has 1 saturated heterocycles. The van der Waals surface area contributed by atoms with Gasteiger partial charge >= 0.3 is 12.0 Å². The zero-order chi connectivity index (χ0) is 15.4. The van der Waals surface area contributed by atoms with Crippen molar-refractivity contribution in [3.05, 3.63) is 29.8 Å². The number of hydrogen-bond acceptors (Lipinski definition) is 4. The minimum Gasteiger partial charge on any atom is -0.480 e. The SMILES string of the molecule is N#Cc1ccccc1NC(=O)N1CC(=O)NCC1C(=O)O. The van der Waals surface area contributed by atoms with Gasteiger partial charge in [-0.1, -0.05) is 12.1 Å². The molecular formula is C13H12N4O4. The first-order valence-electron chi connectivity index (χ1n) is 6.09. The van der Waals surface area contributed by atoms with Crippen LogP contribution < -0.4 is 10.6 Å². The highest BCUT2D eigenvalue weighted by molar-refractivity contribution is 5.97. The van der Waals surface area contributed by atoms with Crippen molar-refractivity contribution < 1.29 is 19.5 Å². The molecule has 108 valence electrons. The molecule has 0 aliphatic carbocycles. The fourth-order valence-corrected chi connectivity index (χ4v) is 1.95. The average molecular weight is 288 g/mol. The lowest BCUT2D eigenvalue weighted by Crippen LogP contribution is -2.60. The summed E-state index contributed by atoms with van der Waals surface area (Å²) < 4.78 is 0. The third-order valence-corrected chi connectivity index (χ3v) is 3.02. The Morgan fingerprint density at radius 1 is 1.43 bits per heavy atom. The van der Waals surface area contributed by atoms with Crippen LogP contribution in [-0.4, -0.2) is 47.0 Å². The molecule has 21 heavy (non-hydrogen) atoms. The Morgan fingerprint density at radius 2 is 2.14 bits per heavy atom. The van der Waals surface area contributed by atoms with E-state index in [1.807, 2.05) is 6.07 Å². The van der Waals surface area contributed by atoms with Crippen molar-refractivity contribution in [2.75, 3.05) is 18.4 Å². The molecule has 1 fully saturated rings. The lowest BCUT2D eigenvalue weighted by molar-refractivity contribution is -0.144. The first-order chi connectivity index (χ1) is 10.0. The van der Waals surface area contributed by atoms with Crippen LogP contribution in [0.2, 0.25) is 0 Å². The molecule has 1 aromatic rings. The summed E-state index contributed by atoms with van der Waals surface area (Å²) in [5.74, 6) is -1.64. The van der Waals surface area contributed by atoms with E-state index >= 15 is 0 Å². The second-order valence-corrected chi connectivity index (χ2v) is 4.37. The molecule has 8 nitrogen and oxygen atoms in total. The molecule has 0 aromatic heterocycles. The Kier molecular flexibility index (Phi) is 4.04. The van der Waals surface area contributed by atoms with Gasteiger partial charge in [-0.2, -0.15) is 5.26 Å². The van der Waals surface area contributed by atoms with E-state index in [1.54, 1.807) is 12.1 Å². The van der Waals surface area contributed by atoms with Crippen LogP contribution >= 0.6 is 0 Å². The van der Waals surface area contributed by atoms with Gasteiger partial charge in [0.25, 0.3) is 0 Å². The number of carbonyl (C=O) groups is 3. The summed E-state index contributed by atoms with van der Waals surface area (Å²) in [6, 6.07) is 6.36. The van der Waals surface area contributed by atoms with Crippen molar-refractivity contribution in [3.8, 4) is 6.07 Å². The number of amides is 3. The number of carboxylic acid groups (broad SMARTS) is 1. The fourth-order valence-electron chi connectivity index (χ4n) is 1.95. The largest absolute Gasteiger partial charge is 0.480 e. The van der Waals surface area contributed by atoms with E-state index in [4.69, 9.17) is 10.4 Å². The molecule has 1 aliphatic heterocycles. The van der Waals surface area contributed by atoms with Crippen molar-refractivity contribution in [1.82, 2.24) is 10.2 Å². The molecule has 0 spiro atoms. The summed E-state index contributed by atoms with van der Waals surface area (Å²) in [5, 5.41) is 22.9. The van der Waals surface area contributed by atoms with E-state index in [0.29, 0.717) is 0 Å². The monoisotopic (exact) mass is 288 g/mol. The number of hydrogen-bond donors (Lipinski definition) is 3. The molecule has 1 aliphatic rings. The molecule has 0 radical (unpaired) electrons. The van der Waals surface area contributed by atoms with Gasteiger partial charge in [0.2, 0.25) is 5.91 Å². The fraction of sp³-hybridized carbons (Fsp3) is 0.231. The van der Waals surface area contributed by atoms with Gasteiger partial charge in [0.1, 0.15) is 18.7 Å². The molecule has 1 heterocycles. The van der Waals surface area contributed by atoms with Crippen LogP contribution in [-0.2, 0) is 9.59 Å². The number of piperazine rings is 1. The first-order valence-corrected chi connectivity index (χ1v) is 6.09. The Hall–Kier alpha value is -3.08. The molecule has 0 saturated carbocycles. The number of carbonyl (C=O) groups excluding carboxylic acids is 2. The minimum atomic E-state index is -1.21. The number of rotatable bonds is 2. The molecule has 0 bridgehead atoms. The lowest BCUT2D eigenvalue weighted by atomic mass is 10.2. The molecule has 2 rings (SSSR count). The van der Waals surface area contributed by atoms with E-state index in [1.165, 1.54) is 12.1 Å². The first kappa shape index (κ1) is 14.3. The Labute approximate surface area is 120 Å². The maximum Gasteiger partial charge on any atom is 0.328 e. The Balaban J connectivity index is 2.19. The van der Waals surface area contributed by atoms with Gasteiger partial charge in [0.15, 0.2) is 0 Å². The molecule has 1 unspecified atom stereocenters. The van der Waals surface area contributed by atoms with Gasteiger partial charge < -0.3 is 15.7 Å². The number of anilines is 1. The van der Waals surface area contributed by atoms with Crippen LogP contribution in [0, 0.1) is 11.3 Å². The lowest BCUT2D eigenvalue weighted by Gasteiger charge is -2.32. The number of nitrogens with zero attached hydrogens (tertiary/aromatic N) is 2. The Morgan fingerprint density at radius 3 is 2.81 bits per heavy atom. The molecule has 1 aromatic carbocycles. The van der Waals surface area contributed by atoms with Crippen LogP contribution in [0.4, 0.5) is 10.5 Å². The normalized spacial score (nSPS) is 17.6. The standard InChI is InChI=1S/C13H12N4O4/c14-5-8-3-1-2-4-9(8)16-13(21)17-7-11(18)15-6-10(17)12(19)20/h1-4,10H,6-7H2,(H,15,18)(H,16,21)(H,19,20). The van der Waals surface area contributed by atoms with Gasteiger partial charge in [-0.25, -0.2) is 9.59 Å². The molecule has 3 N–H and O–H groups in total. The van der Waals surface area contributed by atoms with Crippen LogP contribution in [0.3, 0.4) is 0 Å². The van der Waals surface area contributed by atoms with Gasteiger partial charge in [-0.3, -0.25) is 9.69 Å². The number of benzene rings is 1. The number of nitrogens with one attached hydrogen (secondary N) is 2. The number of nitriles is 1. The topological polar surface area (TPSA) is 123 Å². The maximum absolute atomic E-state index is 12.2. The zero-order valence-corrected chi connectivity index (χ0v) is 10.9. The third kappa shape index (κ3) is 3.09. The van der Waals surface area contributed by atoms with Crippen molar-refractivity contribution in [1.29, 1.82) is 5.26 Å². The van der Waals surface area contributed by atoms with E-state index in [2.05, 4.69) is 10.6 Å². The second kappa shape index (κ2) is 5.92. The highest BCUT2D eigenvalue weighted by Gasteiger charge is 2.35. The van der Waals surface area contributed by atoms with E-state index in [9.17, 15) is 14.4 Å². The van der Waals surface area contributed by atoms with E-state index in [0.717, 1.165) is 4.90 Å². The predicted octanol–water partition coefficient (Wildman–Crippen LogP) is -0.0248. The molecular weight excluding hydrogens is 276 g/mol. The summed E-state index contributed by atoms with van der Waals surface area (Å²) in [6.45, 7) is -0.501. The van der Waals surface area contributed by atoms with Crippen molar-refractivity contribution in [2.24, 2.45) is 0 Å². The van der Waals surface area contributed by atoms with Crippen LogP contribution in [0.25, 0.3) is 0 Å². The highest BCUT2D eigenvalue weighted by atomic mass is 16.4. The smallest absolute Gasteiger partial charge is 0.328 e. The highest BCUT2D eigenvalue weighted by Crippen LogP contribution is 2.15. The van der Waals surface area contributed by atoms with Crippen LogP contribution in [0.1, 0.15) is 5.56 Å². The van der Waals surface area contributed by atoms with Gasteiger partial charge in [-0.15, -0.1) is 0 Å². The molecule has 1 atom stereocenters. The van der Waals surface area contributed by atoms with Crippen molar-refractivity contribution in [2.45, 2.75) is 6.04 Å². The summed E-state index contributed by atoms with van der Waals surface area (Å²) in [7, 11) is 0. The van der Waals surface area contributed by atoms with Crippen LogP contribution in [0.15, 0.2) is 24.3 Å². The number of carboxylic acids is 1. The zero-order valence-electron chi connectivity index (χ0n) is 10.9. The third-order valence-electron chi connectivity index (χ3n) is 3.02. The molecule has 8 heteroatoms.